The van der Waals surface area contributed by atoms with Crippen molar-refractivity contribution in [1.82, 2.24) is 0 Å². The predicted molar refractivity (Wildman–Crippen MR) is 68.9 cm³/mol. The first-order valence-corrected chi connectivity index (χ1v) is 6.07. The Morgan fingerprint density at radius 3 is 2.88 bits per heavy atom. The molecule has 1 aromatic carbocycles. The molecule has 0 amide bonds. The number of nitrogens with zero attached hydrogens (tertiary/aromatic N) is 1. The van der Waals surface area contributed by atoms with Gasteiger partial charge in [-0.1, -0.05) is 12.1 Å². The molecule has 2 aliphatic rings. The molecule has 2 N–H and O–H groups in total. The van der Waals surface area contributed by atoms with Crippen LogP contribution in [0.2, 0.25) is 0 Å². The van der Waals surface area contributed by atoms with Gasteiger partial charge in [0.15, 0.2) is 0 Å². The molecule has 0 spiro atoms. The summed E-state index contributed by atoms with van der Waals surface area (Å²) in [5.74, 6) is -0.383. The zero-order chi connectivity index (χ0) is 11.8. The van der Waals surface area contributed by atoms with Crippen LogP contribution in [0.25, 0.3) is 5.57 Å². The Morgan fingerprint density at radius 2 is 2.06 bits per heavy atom. The minimum atomic E-state index is -0.383. The van der Waals surface area contributed by atoms with E-state index in [1.807, 2.05) is 6.07 Å². The Morgan fingerprint density at radius 1 is 1.18 bits per heavy atom. The molecule has 1 aromatic rings. The lowest BCUT2D eigenvalue weighted by Gasteiger charge is -2.15. The molecule has 3 heteroatoms. The van der Waals surface area contributed by atoms with Crippen LogP contribution in [-0.4, -0.2) is 12.5 Å². The van der Waals surface area contributed by atoms with Gasteiger partial charge in [0.25, 0.3) is 0 Å². The maximum atomic E-state index is 13.2. The molecule has 1 aliphatic carbocycles. The molecule has 1 aliphatic heterocycles. The Bertz CT molecular complexity index is 529. The Kier molecular flexibility index (Phi) is 2.46. The smallest absolute Gasteiger partial charge is 0.208 e. The highest BCUT2D eigenvalue weighted by Crippen LogP contribution is 2.34. The molecule has 1 heterocycles. The van der Waals surface area contributed by atoms with E-state index in [0.29, 0.717) is 6.54 Å². The SMILES string of the molecule is Nc1c(C2=CC(F)=NCC2)ccc2c1CCC2. The van der Waals surface area contributed by atoms with Crippen molar-refractivity contribution < 1.29 is 4.39 Å². The summed E-state index contributed by atoms with van der Waals surface area (Å²) < 4.78 is 13.2. The van der Waals surface area contributed by atoms with E-state index in [9.17, 15) is 4.39 Å². The summed E-state index contributed by atoms with van der Waals surface area (Å²) in [4.78, 5) is 3.74. The summed E-state index contributed by atoms with van der Waals surface area (Å²) in [7, 11) is 0. The first-order chi connectivity index (χ1) is 8.25. The summed E-state index contributed by atoms with van der Waals surface area (Å²) in [6.45, 7) is 0.522. The summed E-state index contributed by atoms with van der Waals surface area (Å²) in [5, 5.41) is 0. The number of hydrogen-bond donors (Lipinski definition) is 1. The maximum Gasteiger partial charge on any atom is 0.208 e. The average Bonchev–Trinajstić information content (AvgIpc) is 2.78. The fraction of sp³-hybridized carbons (Fsp3) is 0.357. The molecule has 0 unspecified atom stereocenters. The van der Waals surface area contributed by atoms with Crippen LogP contribution in [0.15, 0.2) is 23.2 Å². The molecule has 17 heavy (non-hydrogen) atoms. The van der Waals surface area contributed by atoms with Crippen LogP contribution in [-0.2, 0) is 12.8 Å². The summed E-state index contributed by atoms with van der Waals surface area (Å²) in [6.07, 6.45) is 5.64. The van der Waals surface area contributed by atoms with E-state index in [1.165, 1.54) is 23.6 Å². The van der Waals surface area contributed by atoms with Crippen LogP contribution >= 0.6 is 0 Å². The number of fused-ring (bicyclic) bond motifs is 1. The fourth-order valence-corrected chi connectivity index (χ4v) is 2.73. The van der Waals surface area contributed by atoms with Crippen molar-refractivity contribution in [1.29, 1.82) is 0 Å². The second-order valence-electron chi connectivity index (χ2n) is 4.64. The molecule has 0 saturated carbocycles. The Hall–Kier alpha value is -1.64. The lowest BCUT2D eigenvalue weighted by Crippen LogP contribution is -2.04. The van der Waals surface area contributed by atoms with Crippen molar-refractivity contribution in [3.63, 3.8) is 0 Å². The molecule has 0 atom stereocenters. The van der Waals surface area contributed by atoms with E-state index in [4.69, 9.17) is 5.73 Å². The first-order valence-electron chi connectivity index (χ1n) is 6.07. The largest absolute Gasteiger partial charge is 0.398 e. The van der Waals surface area contributed by atoms with Crippen LogP contribution < -0.4 is 5.73 Å². The van der Waals surface area contributed by atoms with E-state index in [-0.39, 0.29) is 5.97 Å². The minimum Gasteiger partial charge on any atom is -0.398 e. The van der Waals surface area contributed by atoms with Gasteiger partial charge in [-0.2, -0.15) is 4.39 Å². The lowest BCUT2D eigenvalue weighted by atomic mass is 9.95. The third-order valence-corrected chi connectivity index (χ3v) is 3.61. The van der Waals surface area contributed by atoms with Crippen molar-refractivity contribution in [2.75, 3.05) is 12.3 Å². The highest BCUT2D eigenvalue weighted by atomic mass is 19.1. The molecule has 3 rings (SSSR count). The van der Waals surface area contributed by atoms with Crippen LogP contribution in [0.4, 0.5) is 10.1 Å². The molecule has 88 valence electrons. The number of nitrogen functional groups attached to an aromatic ring is 1. The van der Waals surface area contributed by atoms with Gasteiger partial charge >= 0.3 is 0 Å². The number of aryl methyl sites for hydroxylation is 1. The maximum absolute atomic E-state index is 13.2. The topological polar surface area (TPSA) is 38.4 Å². The van der Waals surface area contributed by atoms with Gasteiger partial charge in [0.2, 0.25) is 5.97 Å². The van der Waals surface area contributed by atoms with Crippen LogP contribution in [0.5, 0.6) is 0 Å². The number of dihydropyridines is 1. The Balaban J connectivity index is 2.07. The number of halogens is 1. The molecule has 2 nitrogen and oxygen atoms in total. The zero-order valence-corrected chi connectivity index (χ0v) is 9.67. The zero-order valence-electron chi connectivity index (χ0n) is 9.67. The van der Waals surface area contributed by atoms with E-state index < -0.39 is 0 Å². The monoisotopic (exact) mass is 230 g/mol. The van der Waals surface area contributed by atoms with E-state index >= 15 is 0 Å². The van der Waals surface area contributed by atoms with Gasteiger partial charge in [-0.15, -0.1) is 0 Å². The lowest BCUT2D eigenvalue weighted by molar-refractivity contribution is 0.788. The van der Waals surface area contributed by atoms with E-state index in [2.05, 4.69) is 11.1 Å². The fourth-order valence-electron chi connectivity index (χ4n) is 2.73. The van der Waals surface area contributed by atoms with Crippen LogP contribution in [0, 0.1) is 0 Å². The number of benzene rings is 1. The van der Waals surface area contributed by atoms with Crippen molar-refractivity contribution in [3.05, 3.63) is 34.9 Å². The van der Waals surface area contributed by atoms with Crippen molar-refractivity contribution >= 4 is 17.2 Å². The van der Waals surface area contributed by atoms with Crippen LogP contribution in [0.3, 0.4) is 0 Å². The van der Waals surface area contributed by atoms with Crippen molar-refractivity contribution in [3.8, 4) is 0 Å². The quantitative estimate of drug-likeness (QED) is 0.740. The number of anilines is 1. The number of rotatable bonds is 1. The number of allylic oxidation sites excluding steroid dienone is 1. The highest BCUT2D eigenvalue weighted by molar-refractivity contribution is 5.97. The highest BCUT2D eigenvalue weighted by Gasteiger charge is 2.18. The summed E-state index contributed by atoms with van der Waals surface area (Å²) >= 11 is 0. The molecular weight excluding hydrogens is 215 g/mol. The number of hydrogen-bond acceptors (Lipinski definition) is 2. The third kappa shape index (κ3) is 1.75. The van der Waals surface area contributed by atoms with Gasteiger partial charge in [-0.3, -0.25) is 4.99 Å². The molecule has 0 aromatic heterocycles. The second kappa shape index (κ2) is 3.99. The number of aliphatic imine (C=N–C) groups is 1. The first kappa shape index (κ1) is 10.5. The van der Waals surface area contributed by atoms with Crippen molar-refractivity contribution in [2.24, 2.45) is 4.99 Å². The minimum absolute atomic E-state index is 0.383. The van der Waals surface area contributed by atoms with Crippen molar-refractivity contribution in [2.45, 2.75) is 25.7 Å². The van der Waals surface area contributed by atoms with Gasteiger partial charge in [0, 0.05) is 17.8 Å². The van der Waals surface area contributed by atoms with Gasteiger partial charge in [-0.05, 0) is 48.5 Å². The second-order valence-corrected chi connectivity index (χ2v) is 4.64. The Labute approximate surface area is 100 Å². The molecule has 0 saturated heterocycles. The van der Waals surface area contributed by atoms with Gasteiger partial charge in [-0.25, -0.2) is 0 Å². The number of nitrogens with two attached hydrogens (primary N) is 1. The molecular formula is C14H15FN2. The molecule has 0 fully saturated rings. The molecule has 0 bridgehead atoms. The van der Waals surface area contributed by atoms with E-state index in [0.717, 1.165) is 36.1 Å². The summed E-state index contributed by atoms with van der Waals surface area (Å²) in [6, 6.07) is 4.17. The standard InChI is InChI=1S/C14H15FN2/c15-13-8-10(6-7-17-13)12-5-4-9-2-1-3-11(9)14(12)16/h4-5,8H,1-3,6-7,16H2. The molecule has 0 radical (unpaired) electrons. The van der Waals surface area contributed by atoms with Crippen LogP contribution in [0.1, 0.15) is 29.5 Å². The van der Waals surface area contributed by atoms with Gasteiger partial charge in [0.1, 0.15) is 0 Å². The predicted octanol–water partition coefficient (Wildman–Crippen LogP) is 2.91. The normalized spacial score (nSPS) is 18.6. The van der Waals surface area contributed by atoms with Gasteiger partial charge < -0.3 is 5.73 Å². The third-order valence-electron chi connectivity index (χ3n) is 3.61. The average molecular weight is 230 g/mol. The van der Waals surface area contributed by atoms with Gasteiger partial charge in [0.05, 0.1) is 0 Å². The van der Waals surface area contributed by atoms with E-state index in [1.54, 1.807) is 0 Å². The summed E-state index contributed by atoms with van der Waals surface area (Å²) in [5.41, 5.74) is 11.7.